The number of rotatable bonds is 6. The fourth-order valence-electron chi connectivity index (χ4n) is 3.00. The first kappa shape index (κ1) is 18.0. The van der Waals surface area contributed by atoms with E-state index in [1.807, 2.05) is 31.2 Å². The number of hydrogen-bond donors (Lipinski definition) is 1. The molecule has 2 unspecified atom stereocenters. The summed E-state index contributed by atoms with van der Waals surface area (Å²) < 4.78 is 6.06. The molecule has 1 N–H and O–H groups in total. The van der Waals surface area contributed by atoms with Crippen LogP contribution >= 0.6 is 11.6 Å². The zero-order chi connectivity index (χ0) is 16.9. The Morgan fingerprint density at radius 1 is 1.48 bits per heavy atom. The van der Waals surface area contributed by atoms with Gasteiger partial charge in [-0.05, 0) is 54.2 Å². The maximum Gasteiger partial charge on any atom is 0.0823 e. The molecule has 124 valence electrons. The molecule has 0 saturated heterocycles. The summed E-state index contributed by atoms with van der Waals surface area (Å²) in [5.41, 5.74) is 5.59. The van der Waals surface area contributed by atoms with Gasteiger partial charge in [0.2, 0.25) is 0 Å². The molecular weight excluding hydrogens is 306 g/mol. The molecule has 0 aliphatic heterocycles. The smallest absolute Gasteiger partial charge is 0.0823 e. The van der Waals surface area contributed by atoms with E-state index in [1.165, 1.54) is 5.56 Å². The van der Waals surface area contributed by atoms with Gasteiger partial charge in [-0.3, -0.25) is 0 Å². The second-order valence-corrected chi connectivity index (χ2v) is 7.00. The lowest BCUT2D eigenvalue weighted by atomic mass is 9.80. The number of benzene rings is 1. The van der Waals surface area contributed by atoms with Crippen LogP contribution in [0, 0.1) is 5.41 Å². The second kappa shape index (κ2) is 7.99. The van der Waals surface area contributed by atoms with Crippen LogP contribution in [0.3, 0.4) is 0 Å². The van der Waals surface area contributed by atoms with Crippen molar-refractivity contribution in [2.75, 3.05) is 6.61 Å². The zero-order valence-corrected chi connectivity index (χ0v) is 15.0. The van der Waals surface area contributed by atoms with E-state index in [2.05, 4.69) is 43.6 Å². The third kappa shape index (κ3) is 4.59. The van der Waals surface area contributed by atoms with Gasteiger partial charge in [-0.15, -0.1) is 5.73 Å². The number of ether oxygens (including phenoxy) is 1. The van der Waals surface area contributed by atoms with Crippen LogP contribution in [0.4, 0.5) is 0 Å². The Bertz CT molecular complexity index is 614. The molecule has 1 aromatic carbocycles. The van der Waals surface area contributed by atoms with Crippen molar-refractivity contribution in [1.82, 2.24) is 5.32 Å². The minimum absolute atomic E-state index is 0.0644. The van der Waals surface area contributed by atoms with E-state index in [9.17, 15) is 0 Å². The van der Waals surface area contributed by atoms with E-state index >= 15 is 0 Å². The number of halogens is 1. The first-order valence-electron chi connectivity index (χ1n) is 8.15. The van der Waals surface area contributed by atoms with Crippen molar-refractivity contribution < 1.29 is 4.74 Å². The topological polar surface area (TPSA) is 21.3 Å². The van der Waals surface area contributed by atoms with Gasteiger partial charge >= 0.3 is 0 Å². The summed E-state index contributed by atoms with van der Waals surface area (Å²) >= 11 is 6.06. The molecular formula is C20H26ClNO. The van der Waals surface area contributed by atoms with Crippen LogP contribution in [-0.2, 0) is 11.3 Å². The van der Waals surface area contributed by atoms with Gasteiger partial charge in [0.05, 0.1) is 12.1 Å². The monoisotopic (exact) mass is 331 g/mol. The summed E-state index contributed by atoms with van der Waals surface area (Å²) in [5.74, 6) is 0. The quantitative estimate of drug-likeness (QED) is 0.742. The van der Waals surface area contributed by atoms with Crippen LogP contribution in [0.15, 0.2) is 42.7 Å². The standard InChI is InChI=1S/C20H26ClNO/c1-5-15-13-17(21)11-10-16(15)14-22-18-9-7-8-12-20(3,4)19(18)23-6-2/h5,8-11,13,18-19,22H,1,6,12,14H2,2-4H3. The summed E-state index contributed by atoms with van der Waals surface area (Å²) in [6.45, 7) is 11.9. The Morgan fingerprint density at radius 3 is 2.96 bits per heavy atom. The zero-order valence-electron chi connectivity index (χ0n) is 14.2. The Balaban J connectivity index is 2.16. The molecule has 2 nitrogen and oxygen atoms in total. The maximum atomic E-state index is 6.06. The average Bonchev–Trinajstić information content (AvgIpc) is 2.66. The van der Waals surface area contributed by atoms with Crippen molar-refractivity contribution in [2.24, 2.45) is 5.41 Å². The third-order valence-corrected chi connectivity index (χ3v) is 4.56. The van der Waals surface area contributed by atoms with Crippen molar-refractivity contribution in [3.8, 4) is 0 Å². The molecule has 1 aliphatic rings. The number of hydrogen-bond acceptors (Lipinski definition) is 2. The molecule has 0 fully saturated rings. The highest BCUT2D eigenvalue weighted by Crippen LogP contribution is 2.32. The maximum absolute atomic E-state index is 6.06. The summed E-state index contributed by atoms with van der Waals surface area (Å²) in [5, 5.41) is 4.34. The molecule has 0 spiro atoms. The van der Waals surface area contributed by atoms with Gasteiger partial charge in [-0.2, -0.15) is 0 Å². The van der Waals surface area contributed by atoms with Gasteiger partial charge in [0.15, 0.2) is 0 Å². The Morgan fingerprint density at radius 2 is 2.26 bits per heavy atom. The van der Waals surface area contributed by atoms with Crippen LogP contribution in [0.1, 0.15) is 38.3 Å². The predicted molar refractivity (Wildman–Crippen MR) is 98.6 cm³/mol. The SMILES string of the molecule is C=Cc1cc(Cl)ccc1CNC1C=C=CCC(C)(C)C1OCC. The molecule has 0 radical (unpaired) electrons. The van der Waals surface area contributed by atoms with E-state index in [4.69, 9.17) is 16.3 Å². The lowest BCUT2D eigenvalue weighted by molar-refractivity contribution is -0.0318. The normalized spacial score (nSPS) is 22.8. The second-order valence-electron chi connectivity index (χ2n) is 6.56. The largest absolute Gasteiger partial charge is 0.376 e. The third-order valence-electron chi connectivity index (χ3n) is 4.32. The highest BCUT2D eigenvalue weighted by Gasteiger charge is 2.35. The molecule has 1 aliphatic carbocycles. The molecule has 0 aromatic heterocycles. The summed E-state index contributed by atoms with van der Waals surface area (Å²) in [6.07, 6.45) is 7.10. The predicted octanol–water partition coefficient (Wildman–Crippen LogP) is 4.99. The van der Waals surface area contributed by atoms with Crippen molar-refractivity contribution in [1.29, 1.82) is 0 Å². The highest BCUT2D eigenvalue weighted by molar-refractivity contribution is 6.30. The van der Waals surface area contributed by atoms with E-state index in [-0.39, 0.29) is 17.6 Å². The lowest BCUT2D eigenvalue weighted by Crippen LogP contribution is -2.47. The van der Waals surface area contributed by atoms with Crippen LogP contribution in [-0.4, -0.2) is 18.8 Å². The van der Waals surface area contributed by atoms with Crippen molar-refractivity contribution >= 4 is 17.7 Å². The van der Waals surface area contributed by atoms with E-state index in [0.717, 1.165) is 23.6 Å². The van der Waals surface area contributed by atoms with Gasteiger partial charge < -0.3 is 10.1 Å². The van der Waals surface area contributed by atoms with Gasteiger partial charge in [0.25, 0.3) is 0 Å². The molecule has 1 aromatic rings. The lowest BCUT2D eigenvalue weighted by Gasteiger charge is -2.37. The highest BCUT2D eigenvalue weighted by atomic mass is 35.5. The first-order valence-corrected chi connectivity index (χ1v) is 8.52. The van der Waals surface area contributed by atoms with Crippen molar-refractivity contribution in [2.45, 2.75) is 45.9 Å². The minimum Gasteiger partial charge on any atom is -0.376 e. The fraction of sp³-hybridized carbons (Fsp3) is 0.450. The summed E-state index contributed by atoms with van der Waals surface area (Å²) in [6, 6.07) is 6.03. The van der Waals surface area contributed by atoms with Crippen molar-refractivity contribution in [3.05, 3.63) is 58.8 Å². The Kier molecular flexibility index (Phi) is 6.26. The van der Waals surface area contributed by atoms with Gasteiger partial charge in [0, 0.05) is 18.2 Å². The number of nitrogens with one attached hydrogen (secondary N) is 1. The van der Waals surface area contributed by atoms with Gasteiger partial charge in [-0.1, -0.05) is 44.2 Å². The van der Waals surface area contributed by atoms with Crippen molar-refractivity contribution in [3.63, 3.8) is 0 Å². The van der Waals surface area contributed by atoms with E-state index in [0.29, 0.717) is 6.61 Å². The minimum atomic E-state index is 0.0644. The molecule has 2 rings (SSSR count). The Labute approximate surface area is 144 Å². The first-order chi connectivity index (χ1) is 11.0. The molecule has 0 saturated carbocycles. The molecule has 23 heavy (non-hydrogen) atoms. The van der Waals surface area contributed by atoms with Gasteiger partial charge in [-0.25, -0.2) is 0 Å². The van der Waals surface area contributed by atoms with E-state index in [1.54, 1.807) is 0 Å². The summed E-state index contributed by atoms with van der Waals surface area (Å²) in [7, 11) is 0. The van der Waals surface area contributed by atoms with E-state index < -0.39 is 0 Å². The van der Waals surface area contributed by atoms with Crippen LogP contribution in [0.25, 0.3) is 6.08 Å². The molecule has 0 amide bonds. The molecule has 2 atom stereocenters. The summed E-state index contributed by atoms with van der Waals surface area (Å²) in [4.78, 5) is 0. The van der Waals surface area contributed by atoms with Gasteiger partial charge in [0.1, 0.15) is 0 Å². The molecule has 0 heterocycles. The fourth-order valence-corrected chi connectivity index (χ4v) is 3.18. The molecule has 0 bridgehead atoms. The molecule has 3 heteroatoms. The average molecular weight is 332 g/mol. The van der Waals surface area contributed by atoms with Crippen LogP contribution in [0.2, 0.25) is 5.02 Å². The van der Waals surface area contributed by atoms with Crippen LogP contribution < -0.4 is 5.32 Å². The Hall–Kier alpha value is -1.31. The van der Waals surface area contributed by atoms with Crippen LogP contribution in [0.5, 0.6) is 0 Å².